The van der Waals surface area contributed by atoms with E-state index in [1.54, 1.807) is 0 Å². The smallest absolute Gasteiger partial charge is 0.133 e. The van der Waals surface area contributed by atoms with Crippen molar-refractivity contribution in [2.24, 2.45) is 4.99 Å². The van der Waals surface area contributed by atoms with Crippen LogP contribution in [0.2, 0.25) is 0 Å². The number of fused-ring (bicyclic) bond motifs is 8. The number of thiophene rings is 1. The van der Waals surface area contributed by atoms with Crippen molar-refractivity contribution in [1.29, 1.82) is 0 Å². The minimum absolute atomic E-state index is 0.106. The van der Waals surface area contributed by atoms with Crippen LogP contribution in [-0.4, -0.2) is 10.8 Å². The fourth-order valence-electron chi connectivity index (χ4n) is 6.57. The predicted molar refractivity (Wildman–Crippen MR) is 177 cm³/mol. The van der Waals surface area contributed by atoms with E-state index < -0.39 is 0 Å². The SMILES string of the molecule is c1ccc(C2NC(c3cccc4c3sc3ccccc34)=N[C@H](c3cc4c5ccccc5ccc4c4[nH]ccc34)N2)cc1. The number of amidine groups is 1. The molecule has 3 N–H and O–H groups in total. The number of aromatic amines is 1. The molecular formula is C37H26N4S. The lowest BCUT2D eigenvalue weighted by atomic mass is 9.95. The molecule has 9 rings (SSSR count). The first-order valence-corrected chi connectivity index (χ1v) is 15.1. The number of aromatic nitrogens is 1. The molecule has 5 heteroatoms. The van der Waals surface area contributed by atoms with E-state index in [9.17, 15) is 0 Å². The predicted octanol–water partition coefficient (Wildman–Crippen LogP) is 9.18. The van der Waals surface area contributed by atoms with Gasteiger partial charge in [-0.2, -0.15) is 0 Å². The van der Waals surface area contributed by atoms with Gasteiger partial charge in [0.2, 0.25) is 0 Å². The van der Waals surface area contributed by atoms with E-state index in [-0.39, 0.29) is 12.3 Å². The van der Waals surface area contributed by atoms with Gasteiger partial charge in [0.1, 0.15) is 18.2 Å². The molecule has 0 aliphatic carbocycles. The van der Waals surface area contributed by atoms with Crippen molar-refractivity contribution in [1.82, 2.24) is 15.6 Å². The maximum atomic E-state index is 5.42. The monoisotopic (exact) mass is 558 g/mol. The summed E-state index contributed by atoms with van der Waals surface area (Å²) in [6, 6.07) is 43.4. The summed E-state index contributed by atoms with van der Waals surface area (Å²) in [5.74, 6) is 0.909. The third-order valence-electron chi connectivity index (χ3n) is 8.55. The first-order chi connectivity index (χ1) is 20.8. The van der Waals surface area contributed by atoms with Crippen LogP contribution < -0.4 is 10.6 Å². The van der Waals surface area contributed by atoms with Gasteiger partial charge in [-0.15, -0.1) is 11.3 Å². The highest BCUT2D eigenvalue weighted by molar-refractivity contribution is 7.26. The topological polar surface area (TPSA) is 52.2 Å². The van der Waals surface area contributed by atoms with E-state index in [1.165, 1.54) is 58.2 Å². The quantitative estimate of drug-likeness (QED) is 0.189. The summed E-state index contributed by atoms with van der Waals surface area (Å²) >= 11 is 1.84. The number of hydrogen-bond acceptors (Lipinski definition) is 4. The molecule has 0 fully saturated rings. The van der Waals surface area contributed by atoms with Gasteiger partial charge in [0.15, 0.2) is 0 Å². The fraction of sp³-hybridized carbons (Fsp3) is 0.0541. The molecule has 0 radical (unpaired) electrons. The summed E-state index contributed by atoms with van der Waals surface area (Å²) in [5.41, 5.74) is 4.62. The molecule has 0 saturated carbocycles. The average molecular weight is 559 g/mol. The molecular weight excluding hydrogens is 533 g/mol. The zero-order valence-corrected chi connectivity index (χ0v) is 23.5. The highest BCUT2D eigenvalue weighted by Crippen LogP contribution is 2.39. The van der Waals surface area contributed by atoms with Crippen LogP contribution in [0.15, 0.2) is 133 Å². The van der Waals surface area contributed by atoms with Gasteiger partial charge in [-0.1, -0.05) is 97.1 Å². The number of aliphatic imine (C=N–C) groups is 1. The molecule has 0 amide bonds. The van der Waals surface area contributed by atoms with Gasteiger partial charge in [0.25, 0.3) is 0 Å². The first-order valence-electron chi connectivity index (χ1n) is 14.3. The van der Waals surface area contributed by atoms with Gasteiger partial charge in [-0.3, -0.25) is 5.32 Å². The van der Waals surface area contributed by atoms with Gasteiger partial charge in [-0.25, -0.2) is 4.99 Å². The Hall–Kier alpha value is -4.97. The molecule has 1 aliphatic heterocycles. The van der Waals surface area contributed by atoms with E-state index in [2.05, 4.69) is 137 Å². The molecule has 3 heterocycles. The Bertz CT molecular complexity index is 2330. The minimum Gasteiger partial charge on any atom is -0.361 e. The number of benzene rings is 6. The maximum Gasteiger partial charge on any atom is 0.133 e. The molecule has 200 valence electrons. The third kappa shape index (κ3) is 3.61. The second-order valence-electron chi connectivity index (χ2n) is 10.9. The average Bonchev–Trinajstić information content (AvgIpc) is 3.70. The Kier molecular flexibility index (Phi) is 5.24. The molecule has 0 saturated heterocycles. The molecule has 0 spiro atoms. The Labute approximate surface area is 246 Å². The second-order valence-corrected chi connectivity index (χ2v) is 12.0. The van der Waals surface area contributed by atoms with E-state index in [4.69, 9.17) is 4.99 Å². The van der Waals surface area contributed by atoms with Crippen LogP contribution in [0, 0.1) is 0 Å². The zero-order chi connectivity index (χ0) is 27.6. The lowest BCUT2D eigenvalue weighted by Crippen LogP contribution is -2.45. The van der Waals surface area contributed by atoms with Crippen LogP contribution in [0.4, 0.5) is 0 Å². The third-order valence-corrected chi connectivity index (χ3v) is 9.77. The Morgan fingerprint density at radius 2 is 1.43 bits per heavy atom. The van der Waals surface area contributed by atoms with Crippen LogP contribution in [0.5, 0.6) is 0 Å². The molecule has 1 unspecified atom stereocenters. The molecule has 2 aromatic heterocycles. The minimum atomic E-state index is -0.252. The summed E-state index contributed by atoms with van der Waals surface area (Å²) in [4.78, 5) is 8.96. The first kappa shape index (κ1) is 23.7. The maximum absolute atomic E-state index is 5.42. The van der Waals surface area contributed by atoms with E-state index in [0.717, 1.165) is 16.9 Å². The largest absolute Gasteiger partial charge is 0.361 e. The van der Waals surface area contributed by atoms with Gasteiger partial charge >= 0.3 is 0 Å². The van der Waals surface area contributed by atoms with Crippen molar-refractivity contribution in [3.05, 3.63) is 144 Å². The normalized spacial score (nSPS) is 17.3. The van der Waals surface area contributed by atoms with E-state index in [0.29, 0.717) is 0 Å². The molecule has 1 aliphatic rings. The molecule has 8 aromatic rings. The fourth-order valence-corrected chi connectivity index (χ4v) is 7.78. The Morgan fingerprint density at radius 3 is 2.36 bits per heavy atom. The summed E-state index contributed by atoms with van der Waals surface area (Å²) in [7, 11) is 0. The van der Waals surface area contributed by atoms with Crippen molar-refractivity contribution >= 4 is 69.8 Å². The number of nitrogens with one attached hydrogen (secondary N) is 3. The van der Waals surface area contributed by atoms with Gasteiger partial charge in [0, 0.05) is 48.3 Å². The highest BCUT2D eigenvalue weighted by Gasteiger charge is 2.28. The summed E-state index contributed by atoms with van der Waals surface area (Å²) in [6.45, 7) is 0. The van der Waals surface area contributed by atoms with Crippen molar-refractivity contribution in [3.63, 3.8) is 0 Å². The van der Waals surface area contributed by atoms with Crippen molar-refractivity contribution in [3.8, 4) is 0 Å². The summed E-state index contributed by atoms with van der Waals surface area (Å²) < 4.78 is 2.55. The van der Waals surface area contributed by atoms with E-state index in [1.807, 2.05) is 17.5 Å². The summed E-state index contributed by atoms with van der Waals surface area (Å²) in [6.07, 6.45) is 1.68. The summed E-state index contributed by atoms with van der Waals surface area (Å²) in [5, 5.41) is 16.3. The van der Waals surface area contributed by atoms with Crippen molar-refractivity contribution in [2.75, 3.05) is 0 Å². The van der Waals surface area contributed by atoms with E-state index >= 15 is 0 Å². The molecule has 4 nitrogen and oxygen atoms in total. The van der Waals surface area contributed by atoms with Crippen LogP contribution >= 0.6 is 11.3 Å². The van der Waals surface area contributed by atoms with Gasteiger partial charge in [-0.05, 0) is 46.0 Å². The molecule has 0 bridgehead atoms. The van der Waals surface area contributed by atoms with Gasteiger partial charge in [0.05, 0.1) is 5.52 Å². The van der Waals surface area contributed by atoms with Crippen LogP contribution in [0.3, 0.4) is 0 Å². The second kappa shape index (κ2) is 9.28. The molecule has 42 heavy (non-hydrogen) atoms. The van der Waals surface area contributed by atoms with Crippen molar-refractivity contribution in [2.45, 2.75) is 12.3 Å². The lowest BCUT2D eigenvalue weighted by molar-refractivity contribution is 0.411. The van der Waals surface area contributed by atoms with Crippen LogP contribution in [-0.2, 0) is 0 Å². The number of H-pyrrole nitrogens is 1. The van der Waals surface area contributed by atoms with Crippen molar-refractivity contribution < 1.29 is 0 Å². The van der Waals surface area contributed by atoms with Crippen LogP contribution in [0.1, 0.15) is 29.0 Å². The molecule has 2 atom stereocenters. The molecule has 6 aromatic carbocycles. The number of nitrogens with zero attached hydrogens (tertiary/aromatic N) is 1. The zero-order valence-electron chi connectivity index (χ0n) is 22.6. The standard InChI is InChI=1S/C37H26N4S/c1-2-10-23(11-3-1)35-39-36(29-15-8-14-28-25-13-6-7-16-32(25)42-34(28)29)41-37(40-35)31-21-30-24-12-5-4-9-22(24)17-18-26(30)33-27(31)19-20-38-33/h1-21,35,37-38,40H,(H,39,41)/t35?,37-/m1/s1. The lowest BCUT2D eigenvalue weighted by Gasteiger charge is -2.32. The number of hydrogen-bond donors (Lipinski definition) is 3. The van der Waals surface area contributed by atoms with Gasteiger partial charge < -0.3 is 10.3 Å². The highest BCUT2D eigenvalue weighted by atomic mass is 32.1. The Balaban J connectivity index is 1.29. The Morgan fingerprint density at radius 1 is 0.619 bits per heavy atom. The van der Waals surface area contributed by atoms with Crippen LogP contribution in [0.25, 0.3) is 52.6 Å². The number of rotatable bonds is 3.